The predicted octanol–water partition coefficient (Wildman–Crippen LogP) is 3.34. The van der Waals surface area contributed by atoms with Crippen LogP contribution in [0.15, 0.2) is 57.2 Å². The number of rotatable bonds is 6. The second kappa shape index (κ2) is 8.50. The zero-order valence-electron chi connectivity index (χ0n) is 14.8. The Hall–Kier alpha value is -2.11. The van der Waals surface area contributed by atoms with Crippen molar-refractivity contribution < 1.29 is 13.2 Å². The maximum absolute atomic E-state index is 12.7. The van der Waals surface area contributed by atoms with E-state index < -0.39 is 10.0 Å². The van der Waals surface area contributed by atoms with E-state index in [0.717, 1.165) is 16.1 Å². The summed E-state index contributed by atoms with van der Waals surface area (Å²) < 4.78 is 32.1. The smallest absolute Gasteiger partial charge is 0.243 e. The number of hydrogen-bond acceptors (Lipinski definition) is 8. The Morgan fingerprint density at radius 3 is 2.64 bits per heavy atom. The Kier molecular flexibility index (Phi) is 5.83. The molecule has 146 valence electrons. The highest BCUT2D eigenvalue weighted by atomic mass is 32.2. The lowest BCUT2D eigenvalue weighted by Crippen LogP contribution is -2.40. The van der Waals surface area contributed by atoms with Gasteiger partial charge in [-0.15, -0.1) is 22.7 Å². The Morgan fingerprint density at radius 1 is 1.14 bits per heavy atom. The first-order valence-electron chi connectivity index (χ1n) is 8.59. The molecule has 1 aliphatic rings. The number of morpholine rings is 1. The largest absolute Gasteiger partial charge is 0.379 e. The topological polar surface area (TPSA) is 83.9 Å². The SMILES string of the molecule is O=S(=O)(c1ccc(-c2csc(N/N=C/c3cccs3)n2)cc1)N1CCOCC1. The minimum atomic E-state index is -3.48. The molecule has 0 saturated carbocycles. The van der Waals surface area contributed by atoms with Crippen LogP contribution in [-0.4, -0.2) is 50.2 Å². The summed E-state index contributed by atoms with van der Waals surface area (Å²) in [7, 11) is -3.48. The molecule has 1 aromatic carbocycles. The van der Waals surface area contributed by atoms with Crippen LogP contribution in [-0.2, 0) is 14.8 Å². The summed E-state index contributed by atoms with van der Waals surface area (Å²) in [5.41, 5.74) is 4.55. The van der Waals surface area contributed by atoms with Crippen molar-refractivity contribution >= 4 is 44.0 Å². The summed E-state index contributed by atoms with van der Waals surface area (Å²) in [6.45, 7) is 1.64. The monoisotopic (exact) mass is 434 g/mol. The van der Waals surface area contributed by atoms with Gasteiger partial charge in [-0.2, -0.15) is 9.41 Å². The third-order valence-electron chi connectivity index (χ3n) is 4.16. The maximum atomic E-state index is 12.7. The summed E-state index contributed by atoms with van der Waals surface area (Å²) in [6.07, 6.45) is 1.75. The van der Waals surface area contributed by atoms with E-state index in [1.807, 2.05) is 22.9 Å². The van der Waals surface area contributed by atoms with Crippen LogP contribution < -0.4 is 5.43 Å². The van der Waals surface area contributed by atoms with Crippen LogP contribution in [0.25, 0.3) is 11.3 Å². The van der Waals surface area contributed by atoms with Gasteiger partial charge in [0, 0.05) is 28.9 Å². The maximum Gasteiger partial charge on any atom is 0.243 e. The van der Waals surface area contributed by atoms with Gasteiger partial charge < -0.3 is 4.74 Å². The zero-order chi connectivity index (χ0) is 19.4. The second-order valence-electron chi connectivity index (χ2n) is 5.96. The first-order chi connectivity index (χ1) is 13.6. The fourth-order valence-corrected chi connectivity index (χ4v) is 5.37. The van der Waals surface area contributed by atoms with Gasteiger partial charge in [-0.3, -0.25) is 5.43 Å². The van der Waals surface area contributed by atoms with Crippen molar-refractivity contribution in [3.63, 3.8) is 0 Å². The molecule has 3 aromatic rings. The number of nitrogens with zero attached hydrogens (tertiary/aromatic N) is 3. The molecule has 1 fully saturated rings. The van der Waals surface area contributed by atoms with Gasteiger partial charge in [-0.25, -0.2) is 13.4 Å². The van der Waals surface area contributed by atoms with Crippen LogP contribution in [0, 0.1) is 0 Å². The molecule has 4 rings (SSSR count). The third kappa shape index (κ3) is 4.31. The standard InChI is InChI=1S/C18H18N4O3S3/c23-28(24,22-7-9-25-10-8-22)16-5-3-14(4-6-16)17-13-27-18(20-17)21-19-12-15-2-1-11-26-15/h1-6,11-13H,7-10H2,(H,20,21)/b19-12+. The number of benzene rings is 1. The Morgan fingerprint density at radius 2 is 1.93 bits per heavy atom. The normalized spacial score (nSPS) is 15.9. The van der Waals surface area contributed by atoms with E-state index in [1.54, 1.807) is 41.8 Å². The van der Waals surface area contributed by atoms with Gasteiger partial charge in [0.2, 0.25) is 15.2 Å². The van der Waals surface area contributed by atoms with Crippen LogP contribution in [0.1, 0.15) is 4.88 Å². The molecule has 1 N–H and O–H groups in total. The Bertz CT molecular complexity index is 1040. The highest BCUT2D eigenvalue weighted by molar-refractivity contribution is 7.89. The van der Waals surface area contributed by atoms with E-state index in [4.69, 9.17) is 4.74 Å². The van der Waals surface area contributed by atoms with Crippen molar-refractivity contribution in [3.05, 3.63) is 52.0 Å². The van der Waals surface area contributed by atoms with E-state index in [2.05, 4.69) is 15.5 Å². The molecule has 0 aliphatic carbocycles. The van der Waals surface area contributed by atoms with Crippen molar-refractivity contribution in [3.8, 4) is 11.3 Å². The fourth-order valence-electron chi connectivity index (χ4n) is 2.71. The number of hydrogen-bond donors (Lipinski definition) is 1. The summed E-state index contributed by atoms with van der Waals surface area (Å²) in [6, 6.07) is 10.8. The Labute approximate surface area is 171 Å². The van der Waals surface area contributed by atoms with Gasteiger partial charge >= 0.3 is 0 Å². The molecule has 0 radical (unpaired) electrons. The van der Waals surface area contributed by atoms with Gasteiger partial charge in [0.1, 0.15) is 0 Å². The van der Waals surface area contributed by atoms with Crippen molar-refractivity contribution in [1.29, 1.82) is 0 Å². The lowest BCUT2D eigenvalue weighted by Gasteiger charge is -2.26. The van der Waals surface area contributed by atoms with Crippen LogP contribution in [0.3, 0.4) is 0 Å². The summed E-state index contributed by atoms with van der Waals surface area (Å²) in [5, 5.41) is 8.75. The number of sulfonamides is 1. The molecule has 3 heterocycles. The minimum absolute atomic E-state index is 0.285. The number of nitrogens with one attached hydrogen (secondary N) is 1. The lowest BCUT2D eigenvalue weighted by atomic mass is 10.2. The number of aromatic nitrogens is 1. The molecule has 1 saturated heterocycles. The van der Waals surface area contributed by atoms with Crippen LogP contribution in [0.4, 0.5) is 5.13 Å². The highest BCUT2D eigenvalue weighted by Crippen LogP contribution is 2.27. The highest BCUT2D eigenvalue weighted by Gasteiger charge is 2.26. The van der Waals surface area contributed by atoms with Crippen LogP contribution in [0.5, 0.6) is 0 Å². The fraction of sp³-hybridized carbons (Fsp3) is 0.222. The molecular formula is C18H18N4O3S3. The van der Waals surface area contributed by atoms with Crippen molar-refractivity contribution in [2.24, 2.45) is 5.10 Å². The Balaban J connectivity index is 1.45. The molecule has 0 amide bonds. The van der Waals surface area contributed by atoms with Crippen molar-refractivity contribution in [1.82, 2.24) is 9.29 Å². The number of thiazole rings is 1. The average molecular weight is 435 g/mol. The molecule has 0 unspecified atom stereocenters. The molecule has 7 nitrogen and oxygen atoms in total. The first kappa shape index (κ1) is 19.2. The molecule has 28 heavy (non-hydrogen) atoms. The van der Waals surface area contributed by atoms with E-state index >= 15 is 0 Å². The van der Waals surface area contributed by atoms with Crippen molar-refractivity contribution in [2.45, 2.75) is 4.90 Å². The van der Waals surface area contributed by atoms with E-state index in [1.165, 1.54) is 15.6 Å². The lowest BCUT2D eigenvalue weighted by molar-refractivity contribution is 0.0730. The molecule has 10 heteroatoms. The average Bonchev–Trinajstić information content (AvgIpc) is 3.41. The molecule has 0 spiro atoms. The zero-order valence-corrected chi connectivity index (χ0v) is 17.3. The number of hydrazone groups is 1. The van der Waals surface area contributed by atoms with Gasteiger partial charge in [-0.1, -0.05) is 18.2 Å². The first-order valence-corrected chi connectivity index (χ1v) is 11.8. The van der Waals surface area contributed by atoms with Crippen molar-refractivity contribution in [2.75, 3.05) is 31.7 Å². The van der Waals surface area contributed by atoms with Gasteiger partial charge in [0.15, 0.2) is 0 Å². The van der Waals surface area contributed by atoms with Gasteiger partial charge in [-0.05, 0) is 23.6 Å². The number of thiophene rings is 1. The van der Waals surface area contributed by atoms with E-state index in [0.29, 0.717) is 31.4 Å². The minimum Gasteiger partial charge on any atom is -0.379 e. The van der Waals surface area contributed by atoms with Crippen LogP contribution in [0.2, 0.25) is 0 Å². The molecule has 1 aliphatic heterocycles. The van der Waals surface area contributed by atoms with Gasteiger partial charge in [0.05, 0.1) is 30.0 Å². The summed E-state index contributed by atoms with van der Waals surface area (Å²) in [4.78, 5) is 5.84. The van der Waals surface area contributed by atoms with E-state index in [9.17, 15) is 8.42 Å². The number of anilines is 1. The predicted molar refractivity (Wildman–Crippen MR) is 113 cm³/mol. The summed E-state index contributed by atoms with van der Waals surface area (Å²) >= 11 is 3.05. The third-order valence-corrected chi connectivity index (χ3v) is 7.62. The second-order valence-corrected chi connectivity index (χ2v) is 9.74. The van der Waals surface area contributed by atoms with Crippen LogP contribution >= 0.6 is 22.7 Å². The van der Waals surface area contributed by atoms with Gasteiger partial charge in [0.25, 0.3) is 0 Å². The molecule has 2 aromatic heterocycles. The quantitative estimate of drug-likeness (QED) is 0.475. The molecular weight excluding hydrogens is 416 g/mol. The molecule has 0 bridgehead atoms. The summed E-state index contributed by atoms with van der Waals surface area (Å²) in [5.74, 6) is 0. The molecule has 0 atom stereocenters. The van der Waals surface area contributed by atoms with E-state index in [-0.39, 0.29) is 4.90 Å². The number of ether oxygens (including phenoxy) is 1.